The maximum absolute atomic E-state index is 2.57. The lowest BCUT2D eigenvalue weighted by atomic mass is 9.81. The van der Waals surface area contributed by atoms with Gasteiger partial charge in [-0.25, -0.2) is 4.57 Å². The molecule has 0 saturated carbocycles. The van der Waals surface area contributed by atoms with Crippen LogP contribution in [0.4, 0.5) is 0 Å². The lowest BCUT2D eigenvalue weighted by Gasteiger charge is -2.24. The van der Waals surface area contributed by atoms with Crippen molar-refractivity contribution < 1.29 is 4.57 Å². The third kappa shape index (κ3) is 3.59. The molecule has 4 aromatic carbocycles. The summed E-state index contributed by atoms with van der Waals surface area (Å²) in [6.45, 7) is 18.5. The highest BCUT2D eigenvalue weighted by molar-refractivity contribution is 6.26. The summed E-state index contributed by atoms with van der Waals surface area (Å²) in [6.07, 6.45) is 2.25. The van der Waals surface area contributed by atoms with Crippen molar-refractivity contribution in [2.45, 2.75) is 73.1 Å². The molecule has 0 atom stereocenters. The Hall–Kier alpha value is -3.91. The lowest BCUT2D eigenvalue weighted by Crippen LogP contribution is -2.28. The fourth-order valence-corrected chi connectivity index (χ4v) is 7.38. The molecule has 7 rings (SSSR count). The van der Waals surface area contributed by atoms with Crippen LogP contribution >= 0.6 is 0 Å². The normalized spacial score (nSPS) is 12.7. The summed E-state index contributed by atoms with van der Waals surface area (Å²) in [5, 5.41) is 6.72. The summed E-state index contributed by atoms with van der Waals surface area (Å²) in [6, 6.07) is 23.7. The molecule has 0 aliphatic rings. The molecule has 41 heavy (non-hydrogen) atoms. The van der Waals surface area contributed by atoms with E-state index < -0.39 is 0 Å². The van der Waals surface area contributed by atoms with Crippen molar-refractivity contribution in [2.75, 3.05) is 0 Å². The van der Waals surface area contributed by atoms with Crippen molar-refractivity contribution in [3.8, 4) is 11.1 Å². The van der Waals surface area contributed by atoms with Crippen LogP contribution in [-0.2, 0) is 7.05 Å². The fourth-order valence-electron chi connectivity index (χ4n) is 7.38. The van der Waals surface area contributed by atoms with E-state index in [0.717, 1.165) is 0 Å². The van der Waals surface area contributed by atoms with Crippen molar-refractivity contribution in [1.82, 2.24) is 4.40 Å². The van der Waals surface area contributed by atoms with E-state index in [2.05, 4.69) is 138 Å². The van der Waals surface area contributed by atoms with Gasteiger partial charge in [-0.1, -0.05) is 77.9 Å². The van der Waals surface area contributed by atoms with E-state index in [9.17, 15) is 0 Å². The highest BCUT2D eigenvalue weighted by Gasteiger charge is 2.26. The van der Waals surface area contributed by atoms with E-state index in [0.29, 0.717) is 17.8 Å². The number of benzene rings is 4. The van der Waals surface area contributed by atoms with Gasteiger partial charge in [-0.3, -0.25) is 0 Å². The predicted octanol–water partition coefficient (Wildman–Crippen LogP) is 10.5. The van der Waals surface area contributed by atoms with Gasteiger partial charge < -0.3 is 4.40 Å². The second kappa shape index (κ2) is 9.05. The molecule has 0 fully saturated rings. The topological polar surface area (TPSA) is 8.29 Å². The Labute approximate surface area is 243 Å². The first-order chi connectivity index (χ1) is 19.6. The Morgan fingerprint density at radius 1 is 0.659 bits per heavy atom. The van der Waals surface area contributed by atoms with Crippen LogP contribution in [0.3, 0.4) is 0 Å². The third-order valence-corrected chi connectivity index (χ3v) is 9.48. The number of nitrogens with zero attached hydrogens (tertiary/aromatic N) is 2. The number of hydrogen-bond acceptors (Lipinski definition) is 0. The Kier molecular flexibility index (Phi) is 5.74. The van der Waals surface area contributed by atoms with Crippen LogP contribution in [0.5, 0.6) is 0 Å². The van der Waals surface area contributed by atoms with Crippen LogP contribution in [-0.4, -0.2) is 4.40 Å². The van der Waals surface area contributed by atoms with E-state index in [1.807, 2.05) is 0 Å². The first-order valence-electron chi connectivity index (χ1n) is 15.3. The van der Waals surface area contributed by atoms with Gasteiger partial charge >= 0.3 is 0 Å². The Morgan fingerprint density at radius 3 is 2.00 bits per heavy atom. The molecular formula is C39H41N2+. The standard InChI is InChI=1S/C39H41N2/c1-21(2)27-18-30(22(3)4)36(31(19-27)23(5)6)28-17-26-15-16-40(9)39-35-25(8)13-14-29-34-24(7)11-10-12-32(34)41(38(29)35)33(20-28)37(26)39/h10-23H,1-9H3/q+1. The fraction of sp³-hybridized carbons (Fsp3) is 0.308. The number of rotatable bonds is 4. The van der Waals surface area contributed by atoms with Crippen molar-refractivity contribution in [2.24, 2.45) is 7.05 Å². The average Bonchev–Trinajstić information content (AvgIpc) is 3.28. The lowest BCUT2D eigenvalue weighted by molar-refractivity contribution is -0.643. The molecule has 3 heterocycles. The molecule has 0 aliphatic heterocycles. The molecule has 0 radical (unpaired) electrons. The number of hydrogen-bond donors (Lipinski definition) is 0. The largest absolute Gasteiger partial charge is 0.307 e. The summed E-state index contributed by atoms with van der Waals surface area (Å²) >= 11 is 0. The molecule has 7 aromatic rings. The van der Waals surface area contributed by atoms with E-state index in [4.69, 9.17) is 0 Å². The molecule has 0 bridgehead atoms. The van der Waals surface area contributed by atoms with Crippen molar-refractivity contribution in [3.05, 3.63) is 94.7 Å². The molecule has 2 heteroatoms. The molecule has 0 unspecified atom stereocenters. The Balaban J connectivity index is 1.75. The van der Waals surface area contributed by atoms with Gasteiger partial charge in [0, 0.05) is 16.8 Å². The zero-order valence-corrected chi connectivity index (χ0v) is 26.0. The average molecular weight is 538 g/mol. The second-order valence-electron chi connectivity index (χ2n) is 13.2. The maximum Gasteiger partial charge on any atom is 0.224 e. The number of pyridine rings is 2. The van der Waals surface area contributed by atoms with Crippen molar-refractivity contribution in [1.29, 1.82) is 0 Å². The molecule has 0 spiro atoms. The van der Waals surface area contributed by atoms with Gasteiger partial charge in [0.1, 0.15) is 7.05 Å². The van der Waals surface area contributed by atoms with Crippen LogP contribution in [0.25, 0.3) is 60.1 Å². The molecule has 0 amide bonds. The molecule has 2 nitrogen and oxygen atoms in total. The van der Waals surface area contributed by atoms with E-state index in [1.165, 1.54) is 87.9 Å². The summed E-state index contributed by atoms with van der Waals surface area (Å²) in [4.78, 5) is 0. The summed E-state index contributed by atoms with van der Waals surface area (Å²) < 4.78 is 4.91. The minimum absolute atomic E-state index is 0.433. The molecule has 0 aliphatic carbocycles. The second-order valence-corrected chi connectivity index (χ2v) is 13.2. The van der Waals surface area contributed by atoms with Crippen LogP contribution < -0.4 is 4.57 Å². The maximum atomic E-state index is 2.57. The number of aryl methyl sites for hydroxylation is 3. The Morgan fingerprint density at radius 2 is 1.34 bits per heavy atom. The van der Waals surface area contributed by atoms with Gasteiger partial charge in [-0.05, 0) is 94.1 Å². The van der Waals surface area contributed by atoms with Crippen LogP contribution in [0.15, 0.2) is 66.9 Å². The highest BCUT2D eigenvalue weighted by Crippen LogP contribution is 2.45. The first-order valence-corrected chi connectivity index (χ1v) is 15.3. The quantitative estimate of drug-likeness (QED) is 0.120. The van der Waals surface area contributed by atoms with E-state index >= 15 is 0 Å². The number of fused-ring (bicyclic) bond motifs is 5. The minimum atomic E-state index is 0.433. The van der Waals surface area contributed by atoms with E-state index in [-0.39, 0.29) is 0 Å². The van der Waals surface area contributed by atoms with Gasteiger partial charge in [0.25, 0.3) is 0 Å². The summed E-state index contributed by atoms with van der Waals surface area (Å²) in [5.74, 6) is 1.37. The zero-order valence-electron chi connectivity index (χ0n) is 26.0. The first kappa shape index (κ1) is 26.0. The highest BCUT2D eigenvalue weighted by atomic mass is 15.0. The van der Waals surface area contributed by atoms with Gasteiger partial charge in [0.2, 0.25) is 5.52 Å². The summed E-state index contributed by atoms with van der Waals surface area (Å²) in [7, 11) is 2.20. The van der Waals surface area contributed by atoms with Crippen molar-refractivity contribution >= 4 is 49.0 Å². The predicted molar refractivity (Wildman–Crippen MR) is 177 cm³/mol. The monoisotopic (exact) mass is 537 g/mol. The SMILES string of the molecule is Cc1cccc2c1c1ccc(C)c3c1n2c1cc(-c2c(C(C)C)cc(C(C)C)cc2C(C)C)cc2cc[n+](C)c3c21. The van der Waals surface area contributed by atoms with Crippen LogP contribution in [0, 0.1) is 13.8 Å². The molecular weight excluding hydrogens is 496 g/mol. The Bertz CT molecular complexity index is 2120. The third-order valence-electron chi connectivity index (χ3n) is 9.48. The van der Waals surface area contributed by atoms with E-state index in [1.54, 1.807) is 0 Å². The van der Waals surface area contributed by atoms with Gasteiger partial charge in [-0.15, -0.1) is 0 Å². The molecule has 0 saturated heterocycles. The smallest absolute Gasteiger partial charge is 0.224 e. The zero-order chi connectivity index (χ0) is 28.9. The summed E-state index contributed by atoms with van der Waals surface area (Å²) in [5.41, 5.74) is 15.0. The van der Waals surface area contributed by atoms with Crippen LogP contribution in [0.1, 0.15) is 87.1 Å². The van der Waals surface area contributed by atoms with Crippen molar-refractivity contribution in [3.63, 3.8) is 0 Å². The molecule has 0 N–H and O–H groups in total. The molecule has 3 aromatic heterocycles. The van der Waals surface area contributed by atoms with Gasteiger partial charge in [-0.2, -0.15) is 0 Å². The van der Waals surface area contributed by atoms with Gasteiger partial charge in [0.05, 0.1) is 27.3 Å². The minimum Gasteiger partial charge on any atom is -0.307 e. The van der Waals surface area contributed by atoms with Crippen LogP contribution in [0.2, 0.25) is 0 Å². The number of aromatic nitrogens is 2. The molecule has 206 valence electrons. The van der Waals surface area contributed by atoms with Gasteiger partial charge in [0.15, 0.2) is 6.20 Å².